The van der Waals surface area contributed by atoms with Crippen LogP contribution >= 0.6 is 0 Å². The van der Waals surface area contributed by atoms with Crippen molar-refractivity contribution in [2.45, 2.75) is 5.75 Å². The predicted octanol–water partition coefficient (Wildman–Crippen LogP) is 1.84. The summed E-state index contributed by atoms with van der Waals surface area (Å²) in [4.78, 5) is 22.5. The van der Waals surface area contributed by atoms with Gasteiger partial charge in [-0.15, -0.1) is 0 Å². The molecule has 138 valence electrons. The number of amides is 1. The number of fused-ring (bicyclic) bond motifs is 2. The summed E-state index contributed by atoms with van der Waals surface area (Å²) in [6.07, 6.45) is 1.59. The van der Waals surface area contributed by atoms with Crippen LogP contribution in [-0.2, 0) is 15.8 Å². The van der Waals surface area contributed by atoms with Gasteiger partial charge in [0.2, 0.25) is 10.0 Å². The number of sulfonamides is 1. The van der Waals surface area contributed by atoms with Crippen LogP contribution in [0.15, 0.2) is 36.5 Å². The van der Waals surface area contributed by atoms with Gasteiger partial charge in [-0.2, -0.15) is 0 Å². The summed E-state index contributed by atoms with van der Waals surface area (Å²) in [5.74, 6) is 0.0203. The lowest BCUT2D eigenvalue weighted by Gasteiger charge is -2.12. The lowest BCUT2D eigenvalue weighted by molar-refractivity contribution is 0.0822. The molecule has 1 amide bonds. The van der Waals surface area contributed by atoms with Gasteiger partial charge in [-0.25, -0.2) is 18.4 Å². The van der Waals surface area contributed by atoms with Gasteiger partial charge in [0.05, 0.1) is 17.0 Å². The van der Waals surface area contributed by atoms with E-state index >= 15 is 0 Å². The fourth-order valence-electron chi connectivity index (χ4n) is 3.08. The second kappa shape index (κ2) is 5.92. The van der Waals surface area contributed by atoms with E-state index in [-0.39, 0.29) is 11.7 Å². The molecule has 27 heavy (non-hydrogen) atoms. The fraction of sp³-hybridized carbons (Fsp3) is 0.167. The van der Waals surface area contributed by atoms with Crippen LogP contribution in [-0.4, -0.2) is 43.3 Å². The van der Waals surface area contributed by atoms with Crippen molar-refractivity contribution < 1.29 is 13.2 Å². The van der Waals surface area contributed by atoms with Crippen molar-refractivity contribution in [3.8, 4) is 11.1 Å². The molecule has 0 aliphatic carbocycles. The summed E-state index contributed by atoms with van der Waals surface area (Å²) in [5.41, 5.74) is 9.51. The van der Waals surface area contributed by atoms with Crippen molar-refractivity contribution in [1.29, 1.82) is 0 Å². The highest BCUT2D eigenvalue weighted by Crippen LogP contribution is 2.34. The quantitative estimate of drug-likeness (QED) is 0.697. The zero-order valence-corrected chi connectivity index (χ0v) is 15.5. The summed E-state index contributed by atoms with van der Waals surface area (Å²) in [6, 6.07) is 8.64. The van der Waals surface area contributed by atoms with Gasteiger partial charge < -0.3 is 10.6 Å². The lowest BCUT2D eigenvalue weighted by atomic mass is 10.0. The van der Waals surface area contributed by atoms with Gasteiger partial charge in [-0.1, -0.05) is 6.07 Å². The number of nitrogens with two attached hydrogens (primary N) is 1. The zero-order valence-electron chi connectivity index (χ0n) is 14.7. The van der Waals surface area contributed by atoms with Gasteiger partial charge in [0.25, 0.3) is 5.91 Å². The van der Waals surface area contributed by atoms with Crippen LogP contribution in [0.3, 0.4) is 0 Å². The number of carbonyl (C=O) groups is 1. The Morgan fingerprint density at radius 2 is 2.00 bits per heavy atom. The molecule has 0 spiro atoms. The van der Waals surface area contributed by atoms with E-state index in [0.29, 0.717) is 39.2 Å². The van der Waals surface area contributed by atoms with Crippen molar-refractivity contribution in [1.82, 2.24) is 14.9 Å². The SMILES string of the molecule is CN(C)C(=O)c1ccc2c(N)ncc(-c3ccc4c(c3)CS(=O)(=O)N4)c2n1. The minimum absolute atomic E-state index is 0.0751. The molecule has 9 heteroatoms. The van der Waals surface area contributed by atoms with Crippen molar-refractivity contribution >= 4 is 38.3 Å². The van der Waals surface area contributed by atoms with E-state index in [1.165, 1.54) is 4.90 Å². The molecule has 0 unspecified atom stereocenters. The van der Waals surface area contributed by atoms with Gasteiger partial charge in [0, 0.05) is 31.2 Å². The van der Waals surface area contributed by atoms with E-state index in [4.69, 9.17) is 5.73 Å². The Balaban J connectivity index is 1.91. The van der Waals surface area contributed by atoms with Crippen LogP contribution in [0, 0.1) is 0 Å². The minimum Gasteiger partial charge on any atom is -0.383 e. The standard InChI is InChI=1S/C18H17N5O3S/c1-23(2)18(24)15-6-4-12-16(21-15)13(8-20-17(12)19)10-3-5-14-11(7-10)9-27(25,26)22-14/h3-8,22H,9H2,1-2H3,(H2,19,20). The molecule has 2 aromatic heterocycles. The Labute approximate surface area is 156 Å². The number of hydrogen-bond acceptors (Lipinski definition) is 6. The number of nitrogens with zero attached hydrogens (tertiary/aromatic N) is 3. The second-order valence-electron chi connectivity index (χ2n) is 6.58. The molecule has 0 radical (unpaired) electrons. The van der Waals surface area contributed by atoms with E-state index in [2.05, 4.69) is 14.7 Å². The molecule has 1 aliphatic heterocycles. The van der Waals surface area contributed by atoms with Gasteiger partial charge in [-0.05, 0) is 35.4 Å². The summed E-state index contributed by atoms with van der Waals surface area (Å²) in [6.45, 7) is 0. The average molecular weight is 383 g/mol. The van der Waals surface area contributed by atoms with Crippen LogP contribution in [0.2, 0.25) is 0 Å². The molecule has 8 nitrogen and oxygen atoms in total. The van der Waals surface area contributed by atoms with E-state index < -0.39 is 10.0 Å². The Bertz CT molecular complexity index is 1210. The van der Waals surface area contributed by atoms with Gasteiger partial charge in [0.15, 0.2) is 0 Å². The number of nitrogens with one attached hydrogen (secondary N) is 1. The predicted molar refractivity (Wildman–Crippen MR) is 104 cm³/mol. The van der Waals surface area contributed by atoms with E-state index in [0.717, 1.165) is 5.56 Å². The first-order chi connectivity index (χ1) is 12.7. The van der Waals surface area contributed by atoms with Crippen molar-refractivity contribution in [2.24, 2.45) is 0 Å². The highest BCUT2D eigenvalue weighted by molar-refractivity contribution is 7.92. The first kappa shape index (κ1) is 17.2. The molecule has 0 bridgehead atoms. The summed E-state index contributed by atoms with van der Waals surface area (Å²) < 4.78 is 26.1. The van der Waals surface area contributed by atoms with E-state index in [1.54, 1.807) is 50.6 Å². The number of hydrogen-bond donors (Lipinski definition) is 2. The van der Waals surface area contributed by atoms with Gasteiger partial charge in [0.1, 0.15) is 11.5 Å². The normalized spacial score (nSPS) is 14.6. The first-order valence-corrected chi connectivity index (χ1v) is 9.81. The molecule has 1 aromatic carbocycles. The lowest BCUT2D eigenvalue weighted by Crippen LogP contribution is -2.22. The molecule has 4 rings (SSSR count). The largest absolute Gasteiger partial charge is 0.383 e. The van der Waals surface area contributed by atoms with Gasteiger partial charge >= 0.3 is 0 Å². The van der Waals surface area contributed by atoms with Crippen LogP contribution in [0.4, 0.5) is 11.5 Å². The number of carbonyl (C=O) groups excluding carboxylic acids is 1. The van der Waals surface area contributed by atoms with Crippen LogP contribution in [0.25, 0.3) is 22.0 Å². The maximum atomic E-state index is 12.3. The van der Waals surface area contributed by atoms with E-state index in [9.17, 15) is 13.2 Å². The topological polar surface area (TPSA) is 118 Å². The molecule has 1 aliphatic rings. The molecule has 3 heterocycles. The third kappa shape index (κ3) is 2.95. The smallest absolute Gasteiger partial charge is 0.271 e. The maximum Gasteiger partial charge on any atom is 0.271 e. The molecular weight excluding hydrogens is 366 g/mol. The minimum atomic E-state index is -3.33. The number of pyridine rings is 2. The van der Waals surface area contributed by atoms with Gasteiger partial charge in [-0.3, -0.25) is 9.52 Å². The monoisotopic (exact) mass is 383 g/mol. The van der Waals surface area contributed by atoms with Crippen molar-refractivity contribution in [3.05, 3.63) is 47.8 Å². The highest BCUT2D eigenvalue weighted by atomic mass is 32.2. The number of benzene rings is 1. The highest BCUT2D eigenvalue weighted by Gasteiger charge is 2.24. The Hall–Kier alpha value is -3.20. The van der Waals surface area contributed by atoms with Crippen LogP contribution in [0.5, 0.6) is 0 Å². The molecule has 0 saturated heterocycles. The Morgan fingerprint density at radius 3 is 2.74 bits per heavy atom. The zero-order chi connectivity index (χ0) is 19.3. The number of anilines is 2. The summed E-state index contributed by atoms with van der Waals surface area (Å²) in [7, 11) is -0.0191. The third-order valence-electron chi connectivity index (χ3n) is 4.41. The van der Waals surface area contributed by atoms with Crippen LogP contribution < -0.4 is 10.5 Å². The van der Waals surface area contributed by atoms with E-state index in [1.807, 2.05) is 0 Å². The molecule has 0 fully saturated rings. The van der Waals surface area contributed by atoms with Crippen molar-refractivity contribution in [3.63, 3.8) is 0 Å². The Morgan fingerprint density at radius 1 is 1.22 bits per heavy atom. The fourth-order valence-corrected chi connectivity index (χ4v) is 4.34. The molecule has 3 N–H and O–H groups in total. The second-order valence-corrected chi connectivity index (χ2v) is 8.30. The summed E-state index contributed by atoms with van der Waals surface area (Å²) in [5, 5.41) is 0.633. The summed E-state index contributed by atoms with van der Waals surface area (Å²) >= 11 is 0. The maximum absolute atomic E-state index is 12.3. The average Bonchev–Trinajstić information content (AvgIpc) is 2.93. The van der Waals surface area contributed by atoms with Crippen LogP contribution in [0.1, 0.15) is 16.1 Å². The molecule has 0 saturated carbocycles. The Kier molecular flexibility index (Phi) is 3.77. The van der Waals surface area contributed by atoms with Crippen molar-refractivity contribution in [2.75, 3.05) is 24.6 Å². The molecule has 3 aromatic rings. The molecule has 0 atom stereocenters. The number of aromatic nitrogens is 2. The number of nitrogen functional groups attached to an aromatic ring is 1. The first-order valence-electron chi connectivity index (χ1n) is 8.16. The number of rotatable bonds is 2. The molecular formula is C18H17N5O3S. The third-order valence-corrected chi connectivity index (χ3v) is 5.63.